The molecule has 0 bridgehead atoms. The van der Waals surface area contributed by atoms with Crippen LogP contribution in [-0.2, 0) is 9.53 Å². The zero-order chi connectivity index (χ0) is 9.14. The first-order chi connectivity index (χ1) is 5.65. The Morgan fingerprint density at radius 3 is 2.92 bits per heavy atom. The smallest absolute Gasteiger partial charge is 0.324 e. The highest BCUT2D eigenvalue weighted by molar-refractivity contribution is 6.20. The lowest BCUT2D eigenvalue weighted by Crippen LogP contribution is -2.61. The van der Waals surface area contributed by atoms with Crippen molar-refractivity contribution in [3.8, 4) is 0 Å². The normalized spacial score (nSPS) is 36.1. The van der Waals surface area contributed by atoms with Crippen LogP contribution in [0.15, 0.2) is 0 Å². The molecule has 2 N–H and O–H groups in total. The predicted molar refractivity (Wildman–Crippen MR) is 46.0 cm³/mol. The predicted octanol–water partition coefficient (Wildman–Crippen LogP) is -0.326. The summed E-state index contributed by atoms with van der Waals surface area (Å²) < 4.78 is 4.61. The average molecular weight is 193 g/mol. The third-order valence-electron chi connectivity index (χ3n) is 1.93. The molecule has 1 heterocycles. The Hall–Kier alpha value is -0.320. The van der Waals surface area contributed by atoms with E-state index in [1.165, 1.54) is 7.11 Å². The molecule has 0 radical (unpaired) electrons. The van der Waals surface area contributed by atoms with Crippen LogP contribution >= 0.6 is 11.6 Å². The summed E-state index contributed by atoms with van der Waals surface area (Å²) in [4.78, 5) is 11.1. The summed E-state index contributed by atoms with van der Waals surface area (Å²) >= 11 is 5.80. The molecule has 5 heteroatoms. The van der Waals surface area contributed by atoms with Gasteiger partial charge in [-0.15, -0.1) is 11.6 Å². The number of hydrogen-bond donors (Lipinski definition) is 2. The minimum absolute atomic E-state index is 0.0625. The van der Waals surface area contributed by atoms with Crippen molar-refractivity contribution in [1.29, 1.82) is 0 Å². The van der Waals surface area contributed by atoms with Crippen molar-refractivity contribution in [3.63, 3.8) is 0 Å². The van der Waals surface area contributed by atoms with Crippen LogP contribution in [0.3, 0.4) is 0 Å². The first kappa shape index (κ1) is 9.77. The van der Waals surface area contributed by atoms with Gasteiger partial charge in [-0.05, 0) is 6.92 Å². The number of carbonyl (C=O) groups is 1. The molecule has 1 aliphatic rings. The van der Waals surface area contributed by atoms with Gasteiger partial charge < -0.3 is 10.1 Å². The lowest BCUT2D eigenvalue weighted by molar-refractivity contribution is -0.144. The second kappa shape index (κ2) is 4.07. The van der Waals surface area contributed by atoms with Gasteiger partial charge in [-0.2, -0.15) is 0 Å². The van der Waals surface area contributed by atoms with Crippen molar-refractivity contribution in [3.05, 3.63) is 0 Å². The van der Waals surface area contributed by atoms with E-state index < -0.39 is 0 Å². The quantitative estimate of drug-likeness (QED) is 0.340. The van der Waals surface area contributed by atoms with Crippen molar-refractivity contribution < 1.29 is 9.53 Å². The molecule has 1 fully saturated rings. The number of carbonyl (C=O) groups excluding carboxylic acids is 1. The van der Waals surface area contributed by atoms with Gasteiger partial charge in [-0.3, -0.25) is 10.1 Å². The Morgan fingerprint density at radius 1 is 1.67 bits per heavy atom. The molecule has 0 aromatic rings. The molecule has 12 heavy (non-hydrogen) atoms. The van der Waals surface area contributed by atoms with Gasteiger partial charge in [0.05, 0.1) is 12.6 Å². The average Bonchev–Trinajstić information content (AvgIpc) is 2.08. The second-order valence-electron chi connectivity index (χ2n) is 2.83. The molecule has 4 nitrogen and oxygen atoms in total. The third-order valence-corrected chi connectivity index (χ3v) is 2.21. The fraction of sp³-hybridized carbons (Fsp3) is 0.857. The van der Waals surface area contributed by atoms with Crippen LogP contribution in [0, 0.1) is 0 Å². The van der Waals surface area contributed by atoms with Gasteiger partial charge in [-0.1, -0.05) is 0 Å². The Balaban J connectivity index is 2.54. The van der Waals surface area contributed by atoms with Gasteiger partial charge in [0, 0.05) is 12.6 Å². The molecule has 1 rings (SSSR count). The molecule has 70 valence electrons. The minimum atomic E-state index is -0.341. The van der Waals surface area contributed by atoms with Gasteiger partial charge in [-0.25, -0.2) is 0 Å². The van der Waals surface area contributed by atoms with Crippen LogP contribution in [-0.4, -0.2) is 37.2 Å². The molecular weight excluding hydrogens is 180 g/mol. The van der Waals surface area contributed by atoms with E-state index in [2.05, 4.69) is 15.4 Å². The highest BCUT2D eigenvalue weighted by atomic mass is 35.5. The number of halogens is 1. The van der Waals surface area contributed by atoms with Crippen LogP contribution in [0.4, 0.5) is 0 Å². The van der Waals surface area contributed by atoms with Gasteiger partial charge in [0.2, 0.25) is 0 Å². The van der Waals surface area contributed by atoms with Crippen molar-refractivity contribution >= 4 is 17.6 Å². The third kappa shape index (κ3) is 2.09. The maximum absolute atomic E-state index is 11.1. The second-order valence-corrected chi connectivity index (χ2v) is 3.36. The van der Waals surface area contributed by atoms with Crippen molar-refractivity contribution in [2.45, 2.75) is 24.5 Å². The summed E-state index contributed by atoms with van der Waals surface area (Å²) in [7, 11) is 1.37. The molecule has 0 aliphatic carbocycles. The monoisotopic (exact) mass is 192 g/mol. The van der Waals surface area contributed by atoms with E-state index in [9.17, 15) is 4.79 Å². The van der Waals surface area contributed by atoms with Crippen molar-refractivity contribution in [1.82, 2.24) is 10.6 Å². The highest BCUT2D eigenvalue weighted by Gasteiger charge is 2.31. The maximum Gasteiger partial charge on any atom is 0.324 e. The Kier molecular flexibility index (Phi) is 3.31. The van der Waals surface area contributed by atoms with Crippen LogP contribution in [0.25, 0.3) is 0 Å². The Morgan fingerprint density at radius 2 is 2.33 bits per heavy atom. The summed E-state index contributed by atoms with van der Waals surface area (Å²) in [6.07, 6.45) is 0. The first-order valence-electron chi connectivity index (χ1n) is 3.86. The van der Waals surface area contributed by atoms with Gasteiger partial charge in [0.1, 0.15) is 6.04 Å². The van der Waals surface area contributed by atoms with Crippen molar-refractivity contribution in [2.75, 3.05) is 13.7 Å². The number of alkyl halides is 1. The number of esters is 1. The number of methoxy groups -OCH3 is 1. The summed E-state index contributed by atoms with van der Waals surface area (Å²) in [5.74, 6) is -0.277. The number of ether oxygens (including phenoxy) is 1. The molecule has 0 amide bonds. The largest absolute Gasteiger partial charge is 0.468 e. The van der Waals surface area contributed by atoms with E-state index in [4.69, 9.17) is 11.6 Å². The molecule has 0 aromatic heterocycles. The van der Waals surface area contributed by atoms with Crippen LogP contribution in [0.5, 0.6) is 0 Å². The summed E-state index contributed by atoms with van der Waals surface area (Å²) in [5.41, 5.74) is -0.203. The molecule has 0 spiro atoms. The minimum Gasteiger partial charge on any atom is -0.468 e. The molecule has 1 saturated heterocycles. The number of rotatable bonds is 1. The van der Waals surface area contributed by atoms with Crippen molar-refractivity contribution in [2.24, 2.45) is 0 Å². The molecular formula is C7H13ClN2O2. The van der Waals surface area contributed by atoms with Gasteiger partial charge in [0.25, 0.3) is 0 Å². The van der Waals surface area contributed by atoms with E-state index in [0.29, 0.717) is 6.54 Å². The van der Waals surface area contributed by atoms with E-state index in [0.717, 1.165) is 0 Å². The fourth-order valence-electron chi connectivity index (χ4n) is 1.20. The molecule has 0 saturated carbocycles. The van der Waals surface area contributed by atoms with Gasteiger partial charge >= 0.3 is 5.97 Å². The van der Waals surface area contributed by atoms with Crippen LogP contribution in [0.1, 0.15) is 6.92 Å². The standard InChI is InChI=1S/C7H13ClN2O2/c1-4-6(7(11)12-2)10-5(8)3-9-4/h4-6,9-10H,3H2,1-2H3. The number of nitrogens with one attached hydrogen (secondary N) is 2. The fourth-order valence-corrected chi connectivity index (χ4v) is 1.43. The highest BCUT2D eigenvalue weighted by Crippen LogP contribution is 2.05. The SMILES string of the molecule is COC(=O)C1NC(Cl)CNC1C. The topological polar surface area (TPSA) is 50.4 Å². The lowest BCUT2D eigenvalue weighted by Gasteiger charge is -2.32. The number of piperazine rings is 1. The Bertz CT molecular complexity index is 177. The van der Waals surface area contributed by atoms with E-state index in [-0.39, 0.29) is 23.6 Å². The van der Waals surface area contributed by atoms with E-state index in [1.807, 2.05) is 6.92 Å². The van der Waals surface area contributed by atoms with E-state index in [1.54, 1.807) is 0 Å². The summed E-state index contributed by atoms with van der Waals surface area (Å²) in [6, 6.07) is -0.279. The lowest BCUT2D eigenvalue weighted by atomic mass is 10.1. The molecule has 0 aromatic carbocycles. The van der Waals surface area contributed by atoms with Crippen LogP contribution < -0.4 is 10.6 Å². The Labute approximate surface area is 76.6 Å². The summed E-state index contributed by atoms with van der Waals surface area (Å²) in [6.45, 7) is 2.58. The maximum atomic E-state index is 11.1. The molecule has 3 atom stereocenters. The first-order valence-corrected chi connectivity index (χ1v) is 4.30. The summed E-state index contributed by atoms with van der Waals surface area (Å²) in [5, 5.41) is 6.05. The zero-order valence-corrected chi connectivity index (χ0v) is 7.89. The van der Waals surface area contributed by atoms with Crippen LogP contribution in [0.2, 0.25) is 0 Å². The molecule has 3 unspecified atom stereocenters. The number of hydrogen-bond acceptors (Lipinski definition) is 4. The zero-order valence-electron chi connectivity index (χ0n) is 7.13. The molecule has 1 aliphatic heterocycles. The van der Waals surface area contributed by atoms with E-state index >= 15 is 0 Å². The van der Waals surface area contributed by atoms with Gasteiger partial charge in [0.15, 0.2) is 0 Å².